The fourth-order valence-electron chi connectivity index (χ4n) is 1.76. The summed E-state index contributed by atoms with van der Waals surface area (Å²) in [5, 5.41) is 0. The molecule has 0 saturated carbocycles. The Labute approximate surface area is 113 Å². The Hall–Kier alpha value is -2.14. The van der Waals surface area contributed by atoms with Crippen molar-refractivity contribution in [1.82, 2.24) is 9.97 Å². The predicted molar refractivity (Wildman–Crippen MR) is 75.8 cm³/mol. The van der Waals surface area contributed by atoms with Gasteiger partial charge in [0.05, 0.1) is 7.11 Å². The van der Waals surface area contributed by atoms with E-state index in [0.717, 1.165) is 23.1 Å². The van der Waals surface area contributed by atoms with Crippen LogP contribution in [0.15, 0.2) is 36.5 Å². The SMILES string of the molecule is COc1ccc(N(C)c2ccnc(CCN)n2)cc1. The average Bonchev–Trinajstić information content (AvgIpc) is 2.47. The normalized spacial score (nSPS) is 10.3. The summed E-state index contributed by atoms with van der Waals surface area (Å²) >= 11 is 0. The van der Waals surface area contributed by atoms with Crippen LogP contribution in [-0.4, -0.2) is 30.7 Å². The van der Waals surface area contributed by atoms with Gasteiger partial charge in [-0.3, -0.25) is 0 Å². The Balaban J connectivity index is 2.22. The summed E-state index contributed by atoms with van der Waals surface area (Å²) in [7, 11) is 3.62. The number of hydrogen-bond donors (Lipinski definition) is 1. The van der Waals surface area contributed by atoms with Gasteiger partial charge in [-0.1, -0.05) is 0 Å². The lowest BCUT2D eigenvalue weighted by Gasteiger charge is -2.18. The van der Waals surface area contributed by atoms with Crippen LogP contribution in [0, 0.1) is 0 Å². The number of methoxy groups -OCH3 is 1. The van der Waals surface area contributed by atoms with E-state index in [-0.39, 0.29) is 0 Å². The average molecular weight is 258 g/mol. The zero-order valence-corrected chi connectivity index (χ0v) is 11.2. The maximum atomic E-state index is 5.52. The van der Waals surface area contributed by atoms with Gasteiger partial charge < -0.3 is 15.4 Å². The lowest BCUT2D eigenvalue weighted by Crippen LogP contribution is -2.14. The van der Waals surface area contributed by atoms with Gasteiger partial charge in [0.15, 0.2) is 0 Å². The van der Waals surface area contributed by atoms with Crippen molar-refractivity contribution >= 4 is 11.5 Å². The van der Waals surface area contributed by atoms with Crippen LogP contribution >= 0.6 is 0 Å². The number of ether oxygens (including phenoxy) is 1. The monoisotopic (exact) mass is 258 g/mol. The predicted octanol–water partition coefficient (Wildman–Crippen LogP) is 1.75. The molecule has 0 aliphatic carbocycles. The van der Waals surface area contributed by atoms with Crippen LogP contribution in [0.5, 0.6) is 5.75 Å². The molecule has 2 rings (SSSR count). The van der Waals surface area contributed by atoms with Crippen LogP contribution < -0.4 is 15.4 Å². The molecule has 0 fully saturated rings. The van der Waals surface area contributed by atoms with E-state index < -0.39 is 0 Å². The molecule has 1 aromatic carbocycles. The summed E-state index contributed by atoms with van der Waals surface area (Å²) in [6.07, 6.45) is 2.44. The second-order valence-electron chi connectivity index (χ2n) is 4.13. The first-order valence-corrected chi connectivity index (χ1v) is 6.14. The molecule has 0 unspecified atom stereocenters. The van der Waals surface area contributed by atoms with Crippen LogP contribution in [0.1, 0.15) is 5.82 Å². The fourth-order valence-corrected chi connectivity index (χ4v) is 1.76. The zero-order chi connectivity index (χ0) is 13.7. The second kappa shape index (κ2) is 6.15. The van der Waals surface area contributed by atoms with E-state index in [4.69, 9.17) is 10.5 Å². The zero-order valence-electron chi connectivity index (χ0n) is 11.2. The summed E-state index contributed by atoms with van der Waals surface area (Å²) in [6.45, 7) is 0.551. The molecule has 0 aliphatic heterocycles. The van der Waals surface area contributed by atoms with Gasteiger partial charge in [0.25, 0.3) is 0 Å². The van der Waals surface area contributed by atoms with E-state index in [1.165, 1.54) is 0 Å². The van der Waals surface area contributed by atoms with Gasteiger partial charge in [-0.05, 0) is 36.9 Å². The molecule has 0 amide bonds. The number of aromatic nitrogens is 2. The van der Waals surface area contributed by atoms with Crippen molar-refractivity contribution in [2.45, 2.75) is 6.42 Å². The molecule has 0 radical (unpaired) electrons. The first-order chi connectivity index (χ1) is 9.24. The Morgan fingerprint density at radius 3 is 2.58 bits per heavy atom. The molecule has 2 aromatic rings. The fraction of sp³-hybridized carbons (Fsp3) is 0.286. The lowest BCUT2D eigenvalue weighted by molar-refractivity contribution is 0.415. The summed E-state index contributed by atoms with van der Waals surface area (Å²) in [5.41, 5.74) is 6.56. The van der Waals surface area contributed by atoms with Crippen molar-refractivity contribution in [1.29, 1.82) is 0 Å². The molecule has 0 spiro atoms. The van der Waals surface area contributed by atoms with E-state index in [2.05, 4.69) is 9.97 Å². The highest BCUT2D eigenvalue weighted by Gasteiger charge is 2.06. The molecule has 100 valence electrons. The topological polar surface area (TPSA) is 64.3 Å². The molecule has 0 atom stereocenters. The number of nitrogens with zero attached hydrogens (tertiary/aromatic N) is 3. The van der Waals surface area contributed by atoms with Gasteiger partial charge in [-0.15, -0.1) is 0 Å². The highest BCUT2D eigenvalue weighted by Crippen LogP contribution is 2.23. The van der Waals surface area contributed by atoms with Crippen LogP contribution in [0.3, 0.4) is 0 Å². The number of rotatable bonds is 5. The maximum Gasteiger partial charge on any atom is 0.136 e. The molecular formula is C14H18N4O. The Kier molecular flexibility index (Phi) is 4.30. The Morgan fingerprint density at radius 1 is 1.21 bits per heavy atom. The van der Waals surface area contributed by atoms with Crippen molar-refractivity contribution in [3.05, 3.63) is 42.4 Å². The van der Waals surface area contributed by atoms with Gasteiger partial charge in [0.2, 0.25) is 0 Å². The molecule has 2 N–H and O–H groups in total. The lowest BCUT2D eigenvalue weighted by atomic mass is 10.3. The smallest absolute Gasteiger partial charge is 0.136 e. The standard InChI is InChI=1S/C14H18N4O/c1-18(11-3-5-12(19-2)6-4-11)14-8-10-16-13(17-14)7-9-15/h3-6,8,10H,7,9,15H2,1-2H3. The molecular weight excluding hydrogens is 240 g/mol. The number of anilines is 2. The van der Waals surface area contributed by atoms with Gasteiger partial charge in [-0.2, -0.15) is 0 Å². The maximum absolute atomic E-state index is 5.52. The van der Waals surface area contributed by atoms with Gasteiger partial charge in [-0.25, -0.2) is 9.97 Å². The van der Waals surface area contributed by atoms with Crippen molar-refractivity contribution in [3.8, 4) is 5.75 Å². The Morgan fingerprint density at radius 2 is 1.95 bits per heavy atom. The third-order valence-corrected chi connectivity index (χ3v) is 2.86. The number of hydrogen-bond acceptors (Lipinski definition) is 5. The van der Waals surface area contributed by atoms with E-state index in [1.807, 2.05) is 42.3 Å². The minimum absolute atomic E-state index is 0.551. The van der Waals surface area contributed by atoms with E-state index in [0.29, 0.717) is 13.0 Å². The molecule has 5 nitrogen and oxygen atoms in total. The molecule has 0 saturated heterocycles. The van der Waals surface area contributed by atoms with Gasteiger partial charge >= 0.3 is 0 Å². The third kappa shape index (κ3) is 3.20. The van der Waals surface area contributed by atoms with E-state index in [9.17, 15) is 0 Å². The highest BCUT2D eigenvalue weighted by atomic mass is 16.5. The van der Waals surface area contributed by atoms with E-state index >= 15 is 0 Å². The van der Waals surface area contributed by atoms with E-state index in [1.54, 1.807) is 13.3 Å². The van der Waals surface area contributed by atoms with Gasteiger partial charge in [0, 0.05) is 25.4 Å². The van der Waals surface area contributed by atoms with Crippen molar-refractivity contribution < 1.29 is 4.74 Å². The number of benzene rings is 1. The molecule has 1 aromatic heterocycles. The van der Waals surface area contributed by atoms with Crippen LogP contribution in [0.2, 0.25) is 0 Å². The highest BCUT2D eigenvalue weighted by molar-refractivity contribution is 5.59. The second-order valence-corrected chi connectivity index (χ2v) is 4.13. The van der Waals surface area contributed by atoms with Crippen molar-refractivity contribution in [3.63, 3.8) is 0 Å². The van der Waals surface area contributed by atoms with Crippen LogP contribution in [0.4, 0.5) is 11.5 Å². The largest absolute Gasteiger partial charge is 0.497 e. The molecule has 0 aliphatic rings. The Bertz CT molecular complexity index is 527. The third-order valence-electron chi connectivity index (χ3n) is 2.86. The summed E-state index contributed by atoms with van der Waals surface area (Å²) in [4.78, 5) is 10.7. The van der Waals surface area contributed by atoms with Crippen LogP contribution in [0.25, 0.3) is 0 Å². The number of nitrogens with two attached hydrogens (primary N) is 1. The molecule has 19 heavy (non-hydrogen) atoms. The molecule has 0 bridgehead atoms. The summed E-state index contributed by atoms with van der Waals surface area (Å²) < 4.78 is 5.15. The summed E-state index contributed by atoms with van der Waals surface area (Å²) in [5.74, 6) is 2.45. The van der Waals surface area contributed by atoms with Gasteiger partial charge in [0.1, 0.15) is 17.4 Å². The minimum Gasteiger partial charge on any atom is -0.497 e. The first-order valence-electron chi connectivity index (χ1n) is 6.14. The molecule has 5 heteroatoms. The molecule has 1 heterocycles. The summed E-state index contributed by atoms with van der Waals surface area (Å²) in [6, 6.07) is 9.71. The van der Waals surface area contributed by atoms with Crippen LogP contribution in [-0.2, 0) is 6.42 Å². The quantitative estimate of drug-likeness (QED) is 0.885. The van der Waals surface area contributed by atoms with Crippen molar-refractivity contribution in [2.75, 3.05) is 25.6 Å². The minimum atomic E-state index is 0.551. The first kappa shape index (κ1) is 13.3. The van der Waals surface area contributed by atoms with Crippen molar-refractivity contribution in [2.24, 2.45) is 5.73 Å².